The fraction of sp³-hybridized carbons (Fsp3) is 0.429. The number of nitrogens with one attached hydrogen (secondary N) is 1. The van der Waals surface area contributed by atoms with Crippen LogP contribution in [0.2, 0.25) is 5.54 Å². The molecule has 1 N–H and O–H groups in total. The summed E-state index contributed by atoms with van der Waals surface area (Å²) in [6, 6.07) is 15.1. The normalized spacial score (nSPS) is 25.3. The van der Waals surface area contributed by atoms with E-state index < -0.39 is 28.2 Å². The molecule has 4 aliphatic heterocycles. The molecule has 1 spiro atoms. The molecular formula is C42H44N7O5SSi2. The fourth-order valence-corrected chi connectivity index (χ4v) is 11.9. The van der Waals surface area contributed by atoms with E-state index in [0.29, 0.717) is 47.6 Å². The van der Waals surface area contributed by atoms with Gasteiger partial charge in [-0.1, -0.05) is 26.0 Å². The number of carbonyl (C=O) groups is 3. The van der Waals surface area contributed by atoms with Crippen molar-refractivity contribution in [1.29, 1.82) is 0 Å². The van der Waals surface area contributed by atoms with Crippen molar-refractivity contribution in [3.63, 3.8) is 0 Å². The van der Waals surface area contributed by atoms with Gasteiger partial charge in [-0.3, -0.25) is 29.4 Å². The zero-order valence-corrected chi connectivity index (χ0v) is 35.5. The Labute approximate surface area is 341 Å². The molecule has 6 bridgehead atoms. The predicted molar refractivity (Wildman–Crippen MR) is 219 cm³/mol. The molecule has 15 heteroatoms. The Morgan fingerprint density at radius 2 is 1.96 bits per heavy atom. The average molecular weight is 815 g/mol. The summed E-state index contributed by atoms with van der Waals surface area (Å²) in [7, 11) is 5.95. The number of fused-ring (bicyclic) bond motifs is 8. The number of rotatable bonds is 5. The van der Waals surface area contributed by atoms with Crippen LogP contribution in [0.5, 0.6) is 0 Å². The van der Waals surface area contributed by atoms with Gasteiger partial charge in [0, 0.05) is 83.0 Å². The van der Waals surface area contributed by atoms with E-state index in [4.69, 9.17) is 19.4 Å². The quantitative estimate of drug-likeness (QED) is 0.190. The van der Waals surface area contributed by atoms with E-state index in [-0.39, 0.29) is 36.0 Å². The number of carbonyl (C=O) groups excluding carboxylic acids is 3. The number of amides is 2. The van der Waals surface area contributed by atoms with Gasteiger partial charge in [0.1, 0.15) is 17.3 Å². The highest BCUT2D eigenvalue weighted by Crippen LogP contribution is 2.60. The molecule has 2 unspecified atom stereocenters. The Hall–Kier alpha value is -4.55. The first-order chi connectivity index (χ1) is 27.4. The van der Waals surface area contributed by atoms with Crippen molar-refractivity contribution in [3.05, 3.63) is 88.3 Å². The number of methoxy groups -OCH3 is 1. The van der Waals surface area contributed by atoms with Crippen LogP contribution in [-0.4, -0.2) is 104 Å². The van der Waals surface area contributed by atoms with Gasteiger partial charge in [-0.05, 0) is 75.1 Å². The lowest BCUT2D eigenvalue weighted by molar-refractivity contribution is -0.161. The molecule has 5 atom stereocenters. The zero-order valence-electron chi connectivity index (χ0n) is 32.7. The van der Waals surface area contributed by atoms with Crippen LogP contribution >= 0.6 is 11.3 Å². The van der Waals surface area contributed by atoms with Gasteiger partial charge in [-0.2, -0.15) is 0 Å². The molecule has 8 heterocycles. The Morgan fingerprint density at radius 3 is 2.74 bits per heavy atom. The van der Waals surface area contributed by atoms with Crippen LogP contribution in [0.3, 0.4) is 0 Å². The van der Waals surface area contributed by atoms with Crippen molar-refractivity contribution in [3.8, 4) is 22.5 Å². The number of benzene rings is 1. The minimum Gasteiger partial charge on any atom is -0.464 e. The fourth-order valence-electron chi connectivity index (χ4n) is 8.95. The number of nitrogens with zero attached hydrogens (tertiary/aromatic N) is 6. The lowest BCUT2D eigenvalue weighted by Gasteiger charge is -2.53. The third-order valence-corrected chi connectivity index (χ3v) is 14.9. The number of cyclic esters (lactones) is 1. The third kappa shape index (κ3) is 6.29. The Kier molecular flexibility index (Phi) is 9.39. The summed E-state index contributed by atoms with van der Waals surface area (Å²) in [6.45, 7) is 9.61. The SMILES string of the molecule is CCn1c(-c2cccnc2[C@@](C)([Si])OC)c2c3cc(ccc31)-c1csc(n1)C[C@]1(C(=O)N3CCC[C@H](N3)C(=O)OCC(C)(C)C2)C2[Si]C2N1C(=O)c1ccccn1. The Balaban J connectivity index is 1.20. The summed E-state index contributed by atoms with van der Waals surface area (Å²) in [5.74, 6) is -0.874. The molecule has 4 aromatic heterocycles. The second kappa shape index (κ2) is 14.1. The molecule has 5 aromatic rings. The van der Waals surface area contributed by atoms with Gasteiger partial charge in [0.2, 0.25) is 0 Å². The number of hydrogen-bond donors (Lipinski definition) is 1. The number of thiazole rings is 1. The molecule has 5 radical (unpaired) electrons. The van der Waals surface area contributed by atoms with Crippen molar-refractivity contribution in [1.82, 2.24) is 34.9 Å². The van der Waals surface area contributed by atoms with Crippen LogP contribution in [-0.2, 0) is 43.7 Å². The van der Waals surface area contributed by atoms with Crippen molar-refractivity contribution in [2.24, 2.45) is 5.41 Å². The summed E-state index contributed by atoms with van der Waals surface area (Å²) in [5.41, 5.74) is 8.60. The van der Waals surface area contributed by atoms with E-state index in [1.807, 2.05) is 13.0 Å². The maximum Gasteiger partial charge on any atom is 0.324 e. The van der Waals surface area contributed by atoms with Crippen molar-refractivity contribution < 1.29 is 23.9 Å². The lowest BCUT2D eigenvalue weighted by atomic mass is 9.79. The first kappa shape index (κ1) is 38.0. The third-order valence-electron chi connectivity index (χ3n) is 11.9. The summed E-state index contributed by atoms with van der Waals surface area (Å²) in [5, 5.41) is 4.62. The Morgan fingerprint density at radius 1 is 1.14 bits per heavy atom. The van der Waals surface area contributed by atoms with Gasteiger partial charge in [-0.15, -0.1) is 11.3 Å². The van der Waals surface area contributed by atoms with Gasteiger partial charge >= 0.3 is 5.97 Å². The summed E-state index contributed by atoms with van der Waals surface area (Å²) in [4.78, 5) is 59.2. The van der Waals surface area contributed by atoms with E-state index in [0.717, 1.165) is 49.7 Å². The lowest BCUT2D eigenvalue weighted by Crippen LogP contribution is -2.72. The van der Waals surface area contributed by atoms with E-state index in [1.54, 1.807) is 47.6 Å². The van der Waals surface area contributed by atoms with Gasteiger partial charge in [0.05, 0.1) is 53.7 Å². The molecule has 3 fully saturated rings. The molecule has 3 saturated heterocycles. The van der Waals surface area contributed by atoms with Crippen molar-refractivity contribution >= 4 is 59.8 Å². The predicted octanol–water partition coefficient (Wildman–Crippen LogP) is 5.12. The molecule has 12 nitrogen and oxygen atoms in total. The highest BCUT2D eigenvalue weighted by molar-refractivity contribution is 7.10. The number of aryl methyl sites for hydroxylation is 1. The highest BCUT2D eigenvalue weighted by Gasteiger charge is 2.76. The standard InChI is InChI=1S/C42H44N7O5SSi2/c1-6-47-31-15-14-24-19-26(31)27(33(47)25-11-9-17-44-34(25)41(4,56)53-5)20-40(2,3)23-54-38(51)29-13-10-18-48(46-29)39(52)42(21-32-45-30(24)22-55-32)35-37(57-35)49(42)36(50)28-12-7-8-16-43-28/h7-9,11-12,14-17,19,22,29,35,37,46H,6,10,13,18,20-21,23H2,1-5H3/t29-,35?,37?,41+,42+/m0/s1. The maximum atomic E-state index is 15.0. The number of pyridine rings is 2. The molecule has 0 aliphatic carbocycles. The summed E-state index contributed by atoms with van der Waals surface area (Å²) in [6.07, 6.45) is 5.39. The average Bonchev–Trinajstić information content (AvgIpc) is 3.62. The second-order valence-electron chi connectivity index (χ2n) is 16.4. The second-order valence-corrected chi connectivity index (χ2v) is 19.8. The van der Waals surface area contributed by atoms with E-state index in [9.17, 15) is 14.4 Å². The van der Waals surface area contributed by atoms with Crippen molar-refractivity contribution in [2.45, 2.75) is 87.9 Å². The minimum atomic E-state index is -1.16. The number of ether oxygens (including phenoxy) is 2. The van der Waals surface area contributed by atoms with E-state index in [1.165, 1.54) is 11.3 Å². The topological polar surface area (TPSA) is 132 Å². The number of hydrogen-bond acceptors (Lipinski definition) is 10. The largest absolute Gasteiger partial charge is 0.464 e. The molecular weight excluding hydrogens is 771 g/mol. The van der Waals surface area contributed by atoms with Gasteiger partial charge in [-0.25, -0.2) is 10.4 Å². The number of esters is 1. The van der Waals surface area contributed by atoms with Crippen LogP contribution in [0.4, 0.5) is 0 Å². The van der Waals surface area contributed by atoms with Crippen molar-refractivity contribution in [2.75, 3.05) is 20.3 Å². The monoisotopic (exact) mass is 814 g/mol. The molecule has 291 valence electrons. The first-order valence-electron chi connectivity index (χ1n) is 19.5. The van der Waals surface area contributed by atoms with E-state index >= 15 is 0 Å². The van der Waals surface area contributed by atoms with Gasteiger partial charge in [0.15, 0.2) is 0 Å². The molecule has 57 heavy (non-hydrogen) atoms. The molecule has 2 amide bonds. The first-order valence-corrected chi connectivity index (χ1v) is 22.0. The molecule has 1 aromatic carbocycles. The smallest absolute Gasteiger partial charge is 0.324 e. The number of aromatic nitrogens is 4. The molecule has 0 saturated carbocycles. The summed E-state index contributed by atoms with van der Waals surface area (Å²) < 4.78 is 14.4. The Bertz CT molecular complexity index is 2420. The zero-order chi connectivity index (χ0) is 39.9. The van der Waals surface area contributed by atoms with Crippen LogP contribution in [0, 0.1) is 5.41 Å². The highest BCUT2D eigenvalue weighted by atomic mass is 32.1. The summed E-state index contributed by atoms with van der Waals surface area (Å²) >= 11 is 1.51. The van der Waals surface area contributed by atoms with Crippen LogP contribution in [0.1, 0.15) is 67.3 Å². The number of hydrazine groups is 1. The van der Waals surface area contributed by atoms with Crippen LogP contribution < -0.4 is 5.43 Å². The van der Waals surface area contributed by atoms with E-state index in [2.05, 4.69) is 75.6 Å². The maximum absolute atomic E-state index is 15.0. The molecule has 4 aliphatic rings. The molecule has 9 rings (SSSR count). The number of likely N-dealkylation sites (tertiary alicyclic amines) is 1. The van der Waals surface area contributed by atoms with Crippen LogP contribution in [0.25, 0.3) is 33.4 Å². The van der Waals surface area contributed by atoms with Gasteiger partial charge < -0.3 is 18.9 Å². The van der Waals surface area contributed by atoms with Gasteiger partial charge in [0.25, 0.3) is 11.8 Å². The van der Waals surface area contributed by atoms with Crippen LogP contribution in [0.15, 0.2) is 66.3 Å². The minimum absolute atomic E-state index is 0.00777.